The molecule has 1 aliphatic rings. The number of nitrogens with zero attached hydrogens (tertiary/aromatic N) is 2. The molecule has 9 nitrogen and oxygen atoms in total. The van der Waals surface area contributed by atoms with Crippen molar-refractivity contribution >= 4 is 39.1 Å². The molecule has 212 valence electrons. The second-order valence-electron chi connectivity index (χ2n) is 9.01. The van der Waals surface area contributed by atoms with E-state index >= 15 is 0 Å². The van der Waals surface area contributed by atoms with E-state index in [0.29, 0.717) is 29.5 Å². The number of benzene rings is 3. The van der Waals surface area contributed by atoms with Crippen molar-refractivity contribution in [3.63, 3.8) is 0 Å². The average molecular weight is 590 g/mol. The van der Waals surface area contributed by atoms with Gasteiger partial charge in [-0.25, -0.2) is 12.8 Å². The molecular weight excluding hydrogens is 561 g/mol. The molecule has 1 aliphatic heterocycles. The number of anilines is 1. The Labute approximate surface area is 237 Å². The first-order chi connectivity index (χ1) is 19.1. The number of halogens is 2. The van der Waals surface area contributed by atoms with Gasteiger partial charge in [0.1, 0.15) is 31.6 Å². The van der Waals surface area contributed by atoms with E-state index in [1.165, 1.54) is 35.2 Å². The Kier molecular flexibility index (Phi) is 9.16. The minimum atomic E-state index is -4.35. The molecule has 2 amide bonds. The van der Waals surface area contributed by atoms with Gasteiger partial charge in [-0.15, -0.1) is 0 Å². The molecule has 0 aromatic heterocycles. The molecule has 0 radical (unpaired) electrons. The Balaban J connectivity index is 1.71. The molecule has 0 bridgehead atoms. The van der Waals surface area contributed by atoms with Gasteiger partial charge in [0.2, 0.25) is 11.8 Å². The standard InChI is InChI=1S/C28H29ClFN3O6S/c1-3-31-28(35)19(2)32(17-20-4-6-21(29)7-5-20)27(34)18-33(23-10-8-22(30)9-11-23)40(36,37)24-12-13-25-26(16-24)39-15-14-38-25/h4-13,16,19H,3,14-15,17-18H2,1-2H3,(H,31,35). The van der Waals surface area contributed by atoms with Crippen molar-refractivity contribution in [2.75, 3.05) is 30.6 Å². The third kappa shape index (κ3) is 6.65. The fraction of sp³-hybridized carbons (Fsp3) is 0.286. The molecule has 1 atom stereocenters. The van der Waals surface area contributed by atoms with Crippen LogP contribution in [0.15, 0.2) is 71.6 Å². The number of fused-ring (bicyclic) bond motifs is 1. The van der Waals surface area contributed by atoms with Gasteiger partial charge in [0.25, 0.3) is 10.0 Å². The van der Waals surface area contributed by atoms with E-state index in [1.807, 2.05) is 0 Å². The van der Waals surface area contributed by atoms with Gasteiger partial charge in [-0.05, 0) is 67.9 Å². The maximum absolute atomic E-state index is 13.9. The maximum atomic E-state index is 13.9. The number of carbonyl (C=O) groups excluding carboxylic acids is 2. The fourth-order valence-corrected chi connectivity index (χ4v) is 5.69. The molecular formula is C28H29ClFN3O6S. The molecule has 12 heteroatoms. The predicted octanol–water partition coefficient (Wildman–Crippen LogP) is 4.00. The van der Waals surface area contributed by atoms with Gasteiger partial charge in [-0.1, -0.05) is 23.7 Å². The lowest BCUT2D eigenvalue weighted by atomic mass is 10.1. The largest absolute Gasteiger partial charge is 0.486 e. The average Bonchev–Trinajstić information content (AvgIpc) is 2.95. The van der Waals surface area contributed by atoms with Crippen LogP contribution in [-0.4, -0.2) is 57.5 Å². The number of likely N-dealkylation sites (N-methyl/N-ethyl adjacent to an activating group) is 1. The number of amides is 2. The van der Waals surface area contributed by atoms with Crippen molar-refractivity contribution in [2.24, 2.45) is 0 Å². The zero-order valence-corrected chi connectivity index (χ0v) is 23.5. The maximum Gasteiger partial charge on any atom is 0.264 e. The molecule has 4 rings (SSSR count). The first-order valence-corrected chi connectivity index (χ1v) is 14.4. The van der Waals surface area contributed by atoms with Crippen LogP contribution >= 0.6 is 11.6 Å². The Morgan fingerprint density at radius 3 is 2.30 bits per heavy atom. The highest BCUT2D eigenvalue weighted by molar-refractivity contribution is 7.92. The van der Waals surface area contributed by atoms with Crippen LogP contribution in [0.5, 0.6) is 11.5 Å². The summed E-state index contributed by atoms with van der Waals surface area (Å²) in [6.45, 7) is 3.64. The van der Waals surface area contributed by atoms with Crippen LogP contribution in [0.1, 0.15) is 19.4 Å². The van der Waals surface area contributed by atoms with Crippen LogP contribution in [0.2, 0.25) is 5.02 Å². The van der Waals surface area contributed by atoms with E-state index in [4.69, 9.17) is 21.1 Å². The van der Waals surface area contributed by atoms with Gasteiger partial charge in [0, 0.05) is 24.2 Å². The quantitative estimate of drug-likeness (QED) is 0.383. The Morgan fingerprint density at radius 2 is 1.65 bits per heavy atom. The van der Waals surface area contributed by atoms with E-state index in [-0.39, 0.29) is 29.5 Å². The number of hydrogen-bond donors (Lipinski definition) is 1. The van der Waals surface area contributed by atoms with E-state index in [2.05, 4.69) is 5.32 Å². The summed E-state index contributed by atoms with van der Waals surface area (Å²) >= 11 is 6.00. The summed E-state index contributed by atoms with van der Waals surface area (Å²) < 4.78 is 53.6. The summed E-state index contributed by atoms with van der Waals surface area (Å²) in [5.41, 5.74) is 0.763. The smallest absolute Gasteiger partial charge is 0.264 e. The molecule has 3 aromatic carbocycles. The van der Waals surface area contributed by atoms with Crippen molar-refractivity contribution in [3.8, 4) is 11.5 Å². The minimum Gasteiger partial charge on any atom is -0.486 e. The van der Waals surface area contributed by atoms with E-state index in [9.17, 15) is 22.4 Å². The highest BCUT2D eigenvalue weighted by Crippen LogP contribution is 2.34. The van der Waals surface area contributed by atoms with E-state index < -0.39 is 40.2 Å². The van der Waals surface area contributed by atoms with Crippen LogP contribution in [-0.2, 0) is 26.2 Å². The summed E-state index contributed by atoms with van der Waals surface area (Å²) in [6, 6.07) is 14.8. The number of ether oxygens (including phenoxy) is 2. The number of carbonyl (C=O) groups is 2. The van der Waals surface area contributed by atoms with E-state index in [0.717, 1.165) is 16.4 Å². The molecule has 40 heavy (non-hydrogen) atoms. The number of hydrogen-bond acceptors (Lipinski definition) is 6. The van der Waals surface area contributed by atoms with Gasteiger partial charge in [-0.3, -0.25) is 13.9 Å². The number of rotatable bonds is 10. The lowest BCUT2D eigenvalue weighted by Gasteiger charge is -2.32. The SMILES string of the molecule is CCNC(=O)C(C)N(Cc1ccc(Cl)cc1)C(=O)CN(c1ccc(F)cc1)S(=O)(=O)c1ccc2c(c1)OCCO2. The monoisotopic (exact) mass is 589 g/mol. The summed E-state index contributed by atoms with van der Waals surface area (Å²) in [5.74, 6) is -0.945. The van der Waals surface area contributed by atoms with Crippen LogP contribution in [0, 0.1) is 5.82 Å². The van der Waals surface area contributed by atoms with Gasteiger partial charge in [0.05, 0.1) is 10.6 Å². The summed E-state index contributed by atoms with van der Waals surface area (Å²) in [6.07, 6.45) is 0. The third-order valence-electron chi connectivity index (χ3n) is 6.28. The van der Waals surface area contributed by atoms with Gasteiger partial charge < -0.3 is 19.7 Å². The van der Waals surface area contributed by atoms with Crippen LogP contribution in [0.4, 0.5) is 10.1 Å². The molecule has 0 fully saturated rings. The summed E-state index contributed by atoms with van der Waals surface area (Å²) in [7, 11) is -4.35. The highest BCUT2D eigenvalue weighted by atomic mass is 35.5. The summed E-state index contributed by atoms with van der Waals surface area (Å²) in [4.78, 5) is 27.7. The first kappa shape index (κ1) is 29.2. The molecule has 0 saturated heterocycles. The lowest BCUT2D eigenvalue weighted by molar-refractivity contribution is -0.139. The Hall–Kier alpha value is -3.83. The second kappa shape index (κ2) is 12.6. The zero-order valence-electron chi connectivity index (χ0n) is 22.0. The van der Waals surface area contributed by atoms with Crippen molar-refractivity contribution in [2.45, 2.75) is 31.3 Å². The third-order valence-corrected chi connectivity index (χ3v) is 8.30. The molecule has 1 N–H and O–H groups in total. The molecule has 1 unspecified atom stereocenters. The van der Waals surface area contributed by atoms with Crippen molar-refractivity contribution in [1.82, 2.24) is 10.2 Å². The Bertz CT molecular complexity index is 1470. The van der Waals surface area contributed by atoms with Gasteiger partial charge >= 0.3 is 0 Å². The van der Waals surface area contributed by atoms with Crippen molar-refractivity contribution < 1.29 is 31.9 Å². The van der Waals surface area contributed by atoms with Crippen LogP contribution < -0.4 is 19.1 Å². The van der Waals surface area contributed by atoms with Crippen molar-refractivity contribution in [3.05, 3.63) is 83.1 Å². The Morgan fingerprint density at radius 1 is 1.00 bits per heavy atom. The molecule has 0 aliphatic carbocycles. The zero-order chi connectivity index (χ0) is 28.9. The fourth-order valence-electron chi connectivity index (χ4n) is 4.14. The first-order valence-electron chi connectivity index (χ1n) is 12.6. The van der Waals surface area contributed by atoms with Crippen molar-refractivity contribution in [1.29, 1.82) is 0 Å². The van der Waals surface area contributed by atoms with E-state index in [1.54, 1.807) is 38.1 Å². The van der Waals surface area contributed by atoms with Crippen LogP contribution in [0.25, 0.3) is 0 Å². The molecule has 3 aromatic rings. The highest BCUT2D eigenvalue weighted by Gasteiger charge is 2.33. The normalized spacial score (nSPS) is 13.3. The minimum absolute atomic E-state index is 0.0234. The number of nitrogens with one attached hydrogen (secondary N) is 1. The molecule has 0 spiro atoms. The lowest BCUT2D eigenvalue weighted by Crippen LogP contribution is -2.51. The second-order valence-corrected chi connectivity index (χ2v) is 11.3. The van der Waals surface area contributed by atoms with Crippen LogP contribution in [0.3, 0.4) is 0 Å². The predicted molar refractivity (Wildman–Crippen MR) is 149 cm³/mol. The van der Waals surface area contributed by atoms with Gasteiger partial charge in [0.15, 0.2) is 11.5 Å². The summed E-state index contributed by atoms with van der Waals surface area (Å²) in [5, 5.41) is 3.20. The molecule has 0 saturated carbocycles. The molecule has 1 heterocycles. The van der Waals surface area contributed by atoms with Gasteiger partial charge in [-0.2, -0.15) is 0 Å². The number of sulfonamides is 1. The topological polar surface area (TPSA) is 105 Å².